The average Bonchev–Trinajstić information content (AvgIpc) is 3.13. The van der Waals surface area contributed by atoms with Gasteiger partial charge in [-0.25, -0.2) is 9.37 Å². The molecule has 2 N–H and O–H groups in total. The van der Waals surface area contributed by atoms with Crippen molar-refractivity contribution in [3.63, 3.8) is 0 Å². The molecule has 3 unspecified atom stereocenters. The molecule has 3 atom stereocenters. The molecule has 0 radical (unpaired) electrons. The van der Waals surface area contributed by atoms with Crippen molar-refractivity contribution < 1.29 is 4.39 Å². The average molecular weight is 399 g/mol. The molecule has 6 nitrogen and oxygen atoms in total. The van der Waals surface area contributed by atoms with Crippen molar-refractivity contribution in [1.82, 2.24) is 25.0 Å². The van der Waals surface area contributed by atoms with Crippen LogP contribution in [0.15, 0.2) is 23.6 Å². The third kappa shape index (κ3) is 4.94. The second-order valence-corrected chi connectivity index (χ2v) is 8.72. The van der Waals surface area contributed by atoms with Gasteiger partial charge in [0.25, 0.3) is 0 Å². The highest BCUT2D eigenvalue weighted by molar-refractivity contribution is 5.84. The first-order chi connectivity index (χ1) is 13.8. The highest BCUT2D eigenvalue weighted by Crippen LogP contribution is 2.26. The molecular weight excluding hydrogens is 367 g/mol. The van der Waals surface area contributed by atoms with E-state index >= 15 is 0 Å². The number of nitrogens with one attached hydrogen (secondary N) is 2. The fourth-order valence-electron chi connectivity index (χ4n) is 3.53. The molecule has 1 fully saturated rings. The number of fused-ring (bicyclic) bond motifs is 1. The van der Waals surface area contributed by atoms with Crippen molar-refractivity contribution in [2.75, 3.05) is 19.8 Å². The summed E-state index contributed by atoms with van der Waals surface area (Å²) in [5, 5.41) is 6.59. The summed E-state index contributed by atoms with van der Waals surface area (Å²) in [4.78, 5) is 13.6. The quantitative estimate of drug-likeness (QED) is 0.462. The summed E-state index contributed by atoms with van der Waals surface area (Å²) in [5.74, 6) is 2.95. The van der Waals surface area contributed by atoms with Crippen LogP contribution in [0.5, 0.6) is 0 Å². The molecule has 0 aromatic carbocycles. The lowest BCUT2D eigenvalue weighted by Gasteiger charge is -2.25. The number of hydrogen-bond donors (Lipinski definition) is 2. The Morgan fingerprint density at radius 1 is 1.45 bits per heavy atom. The van der Waals surface area contributed by atoms with Gasteiger partial charge in [0.05, 0.1) is 35.9 Å². The molecule has 7 heteroatoms. The fourth-order valence-corrected chi connectivity index (χ4v) is 3.53. The van der Waals surface area contributed by atoms with Gasteiger partial charge in [-0.3, -0.25) is 14.4 Å². The summed E-state index contributed by atoms with van der Waals surface area (Å²) in [7, 11) is 0. The van der Waals surface area contributed by atoms with Crippen LogP contribution in [0.25, 0.3) is 5.65 Å². The first-order valence-electron chi connectivity index (χ1n) is 10.2. The minimum atomic E-state index is -0.657. The van der Waals surface area contributed by atoms with Crippen LogP contribution in [0.2, 0.25) is 0 Å². The summed E-state index contributed by atoms with van der Waals surface area (Å²) in [6.07, 6.45) is 13.3. The third-order valence-corrected chi connectivity index (χ3v) is 5.33. The molecule has 156 valence electrons. The summed E-state index contributed by atoms with van der Waals surface area (Å²) in [6.45, 7) is 9.40. The van der Waals surface area contributed by atoms with Gasteiger partial charge in [0.2, 0.25) is 0 Å². The number of aromatic nitrogens is 3. The van der Waals surface area contributed by atoms with Crippen LogP contribution in [-0.4, -0.2) is 46.0 Å². The summed E-state index contributed by atoms with van der Waals surface area (Å²) >= 11 is 0. The maximum Gasteiger partial charge on any atom is 0.155 e. The lowest BCUT2D eigenvalue weighted by molar-refractivity contribution is 0.448. The van der Waals surface area contributed by atoms with Gasteiger partial charge in [-0.05, 0) is 26.3 Å². The van der Waals surface area contributed by atoms with E-state index in [1.165, 1.54) is 0 Å². The van der Waals surface area contributed by atoms with Crippen LogP contribution in [0.1, 0.15) is 58.0 Å². The van der Waals surface area contributed by atoms with Gasteiger partial charge < -0.3 is 10.6 Å². The monoisotopic (exact) mass is 398 g/mol. The van der Waals surface area contributed by atoms with E-state index in [-0.39, 0.29) is 23.4 Å². The van der Waals surface area contributed by atoms with Crippen LogP contribution < -0.4 is 10.6 Å². The number of hydrogen-bond acceptors (Lipinski definition) is 4. The van der Waals surface area contributed by atoms with Crippen LogP contribution >= 0.6 is 0 Å². The summed E-state index contributed by atoms with van der Waals surface area (Å²) in [5.41, 5.74) is 2.46. The van der Waals surface area contributed by atoms with E-state index < -0.39 is 6.67 Å². The lowest BCUT2D eigenvalue weighted by atomic mass is 9.92. The first kappa shape index (κ1) is 21.3. The van der Waals surface area contributed by atoms with Gasteiger partial charge in [0.15, 0.2) is 5.65 Å². The maximum absolute atomic E-state index is 13.8. The zero-order chi connectivity index (χ0) is 21.0. The van der Waals surface area contributed by atoms with E-state index in [4.69, 9.17) is 6.42 Å². The first-order valence-corrected chi connectivity index (χ1v) is 10.2. The molecule has 3 heterocycles. The zero-order valence-electron chi connectivity index (χ0n) is 17.7. The van der Waals surface area contributed by atoms with E-state index in [0.29, 0.717) is 5.84 Å². The minimum Gasteiger partial charge on any atom is -0.362 e. The SMILES string of the molecule is C#CC(C)C(NC(CF)=NC1CCCNC1)c1cnc2cnc(C(C)(C)C)cn12. The standard InChI is InChI=1S/C22H31FN6/c1-6-15(2)21(28-19(10-23)27-16-8-7-9-24-11-16)17-12-26-20-13-25-18(14-29(17)20)22(3,4)5/h1,12-16,21,24H,7-11H2,2-5H3,(H,27,28). The Balaban J connectivity index is 1.96. The van der Waals surface area contributed by atoms with Crippen LogP contribution in [0.3, 0.4) is 0 Å². The second kappa shape index (κ2) is 8.91. The van der Waals surface area contributed by atoms with Crippen molar-refractivity contribution in [1.29, 1.82) is 0 Å². The molecule has 2 aromatic rings. The van der Waals surface area contributed by atoms with E-state index in [2.05, 4.69) is 52.3 Å². The van der Waals surface area contributed by atoms with E-state index in [0.717, 1.165) is 43.0 Å². The molecule has 0 aliphatic carbocycles. The Kier molecular flexibility index (Phi) is 6.53. The maximum atomic E-state index is 13.8. The minimum absolute atomic E-state index is 0.0858. The number of rotatable bonds is 5. The molecule has 0 spiro atoms. The van der Waals surface area contributed by atoms with Crippen molar-refractivity contribution in [2.24, 2.45) is 10.9 Å². The van der Waals surface area contributed by atoms with Gasteiger partial charge in [-0.1, -0.05) is 20.8 Å². The number of piperidine rings is 1. The van der Waals surface area contributed by atoms with E-state index in [1.807, 2.05) is 17.5 Å². The lowest BCUT2D eigenvalue weighted by Crippen LogP contribution is -2.38. The number of amidine groups is 1. The largest absolute Gasteiger partial charge is 0.362 e. The van der Waals surface area contributed by atoms with Crippen molar-refractivity contribution in [3.05, 3.63) is 30.0 Å². The Morgan fingerprint density at radius 3 is 2.86 bits per heavy atom. The van der Waals surface area contributed by atoms with Crippen LogP contribution in [0.4, 0.5) is 4.39 Å². The molecule has 0 saturated carbocycles. The summed E-state index contributed by atoms with van der Waals surface area (Å²) < 4.78 is 15.8. The molecule has 1 saturated heterocycles. The molecule has 1 aliphatic rings. The molecule has 3 rings (SSSR count). The topological polar surface area (TPSA) is 66.6 Å². The number of nitrogens with zero attached hydrogens (tertiary/aromatic N) is 4. The van der Waals surface area contributed by atoms with Crippen molar-refractivity contribution in [3.8, 4) is 12.3 Å². The normalized spacial score (nSPS) is 20.3. The summed E-state index contributed by atoms with van der Waals surface area (Å²) in [6, 6.07) is -0.223. The Morgan fingerprint density at radius 2 is 2.24 bits per heavy atom. The third-order valence-electron chi connectivity index (χ3n) is 5.33. The van der Waals surface area contributed by atoms with Gasteiger partial charge >= 0.3 is 0 Å². The van der Waals surface area contributed by atoms with E-state index in [1.54, 1.807) is 12.4 Å². The van der Waals surface area contributed by atoms with Crippen LogP contribution in [-0.2, 0) is 5.41 Å². The molecule has 0 bridgehead atoms. The molecule has 1 aliphatic heterocycles. The van der Waals surface area contributed by atoms with Crippen LogP contribution in [0, 0.1) is 18.3 Å². The second-order valence-electron chi connectivity index (χ2n) is 8.72. The van der Waals surface area contributed by atoms with Gasteiger partial charge in [0.1, 0.15) is 12.5 Å². The predicted molar refractivity (Wildman–Crippen MR) is 115 cm³/mol. The van der Waals surface area contributed by atoms with Gasteiger partial charge in [-0.2, -0.15) is 0 Å². The number of aliphatic imine (C=N–C) groups is 1. The highest BCUT2D eigenvalue weighted by atomic mass is 19.1. The van der Waals surface area contributed by atoms with Gasteiger partial charge in [-0.15, -0.1) is 12.3 Å². The molecular formula is C22H31FN6. The molecule has 29 heavy (non-hydrogen) atoms. The zero-order valence-corrected chi connectivity index (χ0v) is 17.7. The Hall–Kier alpha value is -2.46. The van der Waals surface area contributed by atoms with Crippen molar-refractivity contribution >= 4 is 11.5 Å². The smallest absolute Gasteiger partial charge is 0.155 e. The predicted octanol–water partition coefficient (Wildman–Crippen LogP) is 3.05. The number of terminal acetylenes is 1. The van der Waals surface area contributed by atoms with Crippen molar-refractivity contribution in [2.45, 2.75) is 58.0 Å². The molecule has 2 aromatic heterocycles. The number of imidazole rings is 1. The Labute approximate surface area is 172 Å². The highest BCUT2D eigenvalue weighted by Gasteiger charge is 2.25. The van der Waals surface area contributed by atoms with Gasteiger partial charge in [0, 0.05) is 24.1 Å². The molecule has 0 amide bonds. The Bertz CT molecular complexity index is 898. The number of halogens is 1. The van der Waals surface area contributed by atoms with E-state index in [9.17, 15) is 4.39 Å². The number of alkyl halides is 1. The fraction of sp³-hybridized carbons (Fsp3) is 0.591.